The number of carbonyl (C=O) groups excluding carboxylic acids is 1. The summed E-state index contributed by atoms with van der Waals surface area (Å²) >= 11 is 9.43. The number of ether oxygens (including phenoxy) is 1. The van der Waals surface area contributed by atoms with E-state index in [2.05, 4.69) is 15.9 Å². The van der Waals surface area contributed by atoms with Gasteiger partial charge in [0.05, 0.1) is 6.10 Å². The molecule has 0 aliphatic carbocycles. The summed E-state index contributed by atoms with van der Waals surface area (Å²) in [7, 11) is 0. The van der Waals surface area contributed by atoms with Gasteiger partial charge in [0.2, 0.25) is 0 Å². The van der Waals surface area contributed by atoms with Crippen LogP contribution in [0.15, 0.2) is 22.7 Å². The third-order valence-electron chi connectivity index (χ3n) is 2.97. The van der Waals surface area contributed by atoms with Crippen LogP contribution in [0.4, 0.5) is 0 Å². The Morgan fingerprint density at radius 3 is 2.88 bits per heavy atom. The molecule has 1 aromatic rings. The smallest absolute Gasteiger partial charge is 0.165 e. The SMILES string of the molecule is CC1CCC(C(=O)Cc2ccc(Br)cc2Cl)O1. The van der Waals surface area contributed by atoms with Crippen molar-refractivity contribution in [2.24, 2.45) is 0 Å². The molecule has 1 fully saturated rings. The van der Waals surface area contributed by atoms with Gasteiger partial charge in [-0.25, -0.2) is 0 Å². The van der Waals surface area contributed by atoms with Crippen molar-refractivity contribution in [3.05, 3.63) is 33.3 Å². The summed E-state index contributed by atoms with van der Waals surface area (Å²) in [5.74, 6) is 0.124. The van der Waals surface area contributed by atoms with Gasteiger partial charge in [-0.05, 0) is 37.5 Å². The lowest BCUT2D eigenvalue weighted by Gasteiger charge is -2.10. The maximum atomic E-state index is 12.0. The van der Waals surface area contributed by atoms with E-state index >= 15 is 0 Å². The molecular formula is C13H14BrClO2. The zero-order chi connectivity index (χ0) is 12.4. The molecule has 92 valence electrons. The molecule has 0 radical (unpaired) electrons. The standard InChI is InChI=1S/C13H14BrClO2/c1-8-2-5-13(17-8)12(16)6-9-3-4-10(14)7-11(9)15/h3-4,7-8,13H,2,5-6H2,1H3. The van der Waals surface area contributed by atoms with Gasteiger partial charge in [-0.15, -0.1) is 0 Å². The van der Waals surface area contributed by atoms with Crippen molar-refractivity contribution < 1.29 is 9.53 Å². The van der Waals surface area contributed by atoms with Crippen LogP contribution in [0.5, 0.6) is 0 Å². The number of halogens is 2. The summed E-state index contributed by atoms with van der Waals surface area (Å²) < 4.78 is 6.48. The first-order valence-electron chi connectivity index (χ1n) is 5.68. The molecule has 2 unspecified atom stereocenters. The quantitative estimate of drug-likeness (QED) is 0.848. The van der Waals surface area contributed by atoms with E-state index in [1.807, 2.05) is 25.1 Å². The molecule has 2 rings (SSSR count). The topological polar surface area (TPSA) is 26.3 Å². The number of hydrogen-bond donors (Lipinski definition) is 0. The summed E-state index contributed by atoms with van der Waals surface area (Å²) in [4.78, 5) is 12.0. The lowest BCUT2D eigenvalue weighted by Crippen LogP contribution is -2.22. The molecule has 1 aromatic carbocycles. The maximum absolute atomic E-state index is 12.0. The molecule has 2 nitrogen and oxygen atoms in total. The van der Waals surface area contributed by atoms with E-state index in [0.717, 1.165) is 22.9 Å². The third-order valence-corrected chi connectivity index (χ3v) is 3.82. The number of ketones is 1. The van der Waals surface area contributed by atoms with E-state index in [4.69, 9.17) is 16.3 Å². The molecule has 1 aliphatic rings. The molecule has 0 bridgehead atoms. The Balaban J connectivity index is 2.03. The fourth-order valence-corrected chi connectivity index (χ4v) is 2.75. The fraction of sp³-hybridized carbons (Fsp3) is 0.462. The van der Waals surface area contributed by atoms with Gasteiger partial charge in [0.1, 0.15) is 6.10 Å². The minimum atomic E-state index is -0.246. The molecule has 0 saturated carbocycles. The molecule has 4 heteroatoms. The summed E-state index contributed by atoms with van der Waals surface area (Å²) in [6.07, 6.45) is 2.09. The van der Waals surface area contributed by atoms with Gasteiger partial charge in [-0.3, -0.25) is 4.79 Å². The van der Waals surface area contributed by atoms with Gasteiger partial charge in [0, 0.05) is 15.9 Å². The molecule has 17 heavy (non-hydrogen) atoms. The second kappa shape index (κ2) is 5.51. The summed E-state index contributed by atoms with van der Waals surface area (Å²) in [6.45, 7) is 2.00. The highest BCUT2D eigenvalue weighted by molar-refractivity contribution is 9.10. The van der Waals surface area contributed by atoms with Crippen LogP contribution in [0.3, 0.4) is 0 Å². The van der Waals surface area contributed by atoms with Gasteiger partial charge in [0.25, 0.3) is 0 Å². The molecule has 0 spiro atoms. The minimum absolute atomic E-state index is 0.124. The molecule has 0 aromatic heterocycles. The Bertz CT molecular complexity index is 433. The van der Waals surface area contributed by atoms with E-state index < -0.39 is 0 Å². The highest BCUT2D eigenvalue weighted by atomic mass is 79.9. The van der Waals surface area contributed by atoms with Gasteiger partial charge in [-0.2, -0.15) is 0 Å². The maximum Gasteiger partial charge on any atom is 0.165 e. The molecule has 2 atom stereocenters. The van der Waals surface area contributed by atoms with Crippen LogP contribution in [-0.2, 0) is 16.0 Å². The van der Waals surface area contributed by atoms with Crippen molar-refractivity contribution in [2.45, 2.75) is 38.4 Å². The first kappa shape index (κ1) is 13.1. The van der Waals surface area contributed by atoms with Crippen LogP contribution in [0.2, 0.25) is 5.02 Å². The number of rotatable bonds is 3. The Labute approximate surface area is 114 Å². The van der Waals surface area contributed by atoms with Gasteiger partial charge in [0.15, 0.2) is 5.78 Å². The van der Waals surface area contributed by atoms with E-state index in [-0.39, 0.29) is 18.0 Å². The first-order valence-corrected chi connectivity index (χ1v) is 6.85. The van der Waals surface area contributed by atoms with Crippen LogP contribution >= 0.6 is 27.5 Å². The highest BCUT2D eigenvalue weighted by Gasteiger charge is 2.28. The summed E-state index contributed by atoms with van der Waals surface area (Å²) in [6, 6.07) is 5.58. The first-order chi connectivity index (χ1) is 8.06. The van der Waals surface area contributed by atoms with E-state index in [9.17, 15) is 4.79 Å². The monoisotopic (exact) mass is 316 g/mol. The molecule has 0 amide bonds. The number of benzene rings is 1. The van der Waals surface area contributed by atoms with E-state index in [0.29, 0.717) is 11.4 Å². The molecule has 1 saturated heterocycles. The van der Waals surface area contributed by atoms with Gasteiger partial charge < -0.3 is 4.74 Å². The average Bonchev–Trinajstić information content (AvgIpc) is 2.69. The van der Waals surface area contributed by atoms with Crippen LogP contribution in [-0.4, -0.2) is 18.0 Å². The Hall–Kier alpha value is -0.380. The summed E-state index contributed by atoms with van der Waals surface area (Å²) in [5, 5.41) is 0.624. The lowest BCUT2D eigenvalue weighted by molar-refractivity contribution is -0.128. The number of Topliss-reactive ketones (excluding diaryl/α,β-unsaturated/α-hetero) is 1. The second-order valence-corrected chi connectivity index (χ2v) is 5.71. The molecular weight excluding hydrogens is 303 g/mol. The van der Waals surface area contributed by atoms with Crippen LogP contribution in [0, 0.1) is 0 Å². The summed E-state index contributed by atoms with van der Waals surface area (Å²) in [5.41, 5.74) is 0.864. The molecule has 0 N–H and O–H groups in total. The predicted octanol–water partition coefficient (Wildman–Crippen LogP) is 3.78. The van der Waals surface area contributed by atoms with E-state index in [1.165, 1.54) is 0 Å². The normalized spacial score (nSPS) is 23.9. The average molecular weight is 318 g/mol. The van der Waals surface area contributed by atoms with Gasteiger partial charge in [-0.1, -0.05) is 33.6 Å². The molecule has 1 heterocycles. The lowest BCUT2D eigenvalue weighted by atomic mass is 10.0. The van der Waals surface area contributed by atoms with Crippen molar-refractivity contribution in [3.63, 3.8) is 0 Å². The zero-order valence-electron chi connectivity index (χ0n) is 9.58. The highest BCUT2D eigenvalue weighted by Crippen LogP contribution is 2.25. The predicted molar refractivity (Wildman–Crippen MR) is 71.4 cm³/mol. The van der Waals surface area contributed by atoms with Crippen LogP contribution in [0.25, 0.3) is 0 Å². The van der Waals surface area contributed by atoms with Crippen molar-refractivity contribution in [3.8, 4) is 0 Å². The third kappa shape index (κ3) is 3.30. The Kier molecular flexibility index (Phi) is 4.23. The fourth-order valence-electron chi connectivity index (χ4n) is 2.01. The Morgan fingerprint density at radius 1 is 1.53 bits per heavy atom. The second-order valence-electron chi connectivity index (χ2n) is 4.39. The van der Waals surface area contributed by atoms with Crippen LogP contribution < -0.4 is 0 Å². The van der Waals surface area contributed by atoms with Crippen molar-refractivity contribution in [1.29, 1.82) is 0 Å². The molecule has 1 aliphatic heterocycles. The van der Waals surface area contributed by atoms with Crippen molar-refractivity contribution in [2.75, 3.05) is 0 Å². The van der Waals surface area contributed by atoms with Crippen molar-refractivity contribution in [1.82, 2.24) is 0 Å². The zero-order valence-corrected chi connectivity index (χ0v) is 11.9. The Morgan fingerprint density at radius 2 is 2.29 bits per heavy atom. The van der Waals surface area contributed by atoms with E-state index in [1.54, 1.807) is 0 Å². The number of carbonyl (C=O) groups is 1. The minimum Gasteiger partial charge on any atom is -0.367 e. The van der Waals surface area contributed by atoms with Gasteiger partial charge >= 0.3 is 0 Å². The van der Waals surface area contributed by atoms with Crippen LogP contribution in [0.1, 0.15) is 25.3 Å². The largest absolute Gasteiger partial charge is 0.367 e. The van der Waals surface area contributed by atoms with Crippen molar-refractivity contribution >= 4 is 33.3 Å². The number of hydrogen-bond acceptors (Lipinski definition) is 2.